The molecule has 1 fully saturated rings. The average Bonchev–Trinajstić information content (AvgIpc) is 3.44. The van der Waals surface area contributed by atoms with Crippen LogP contribution in [0.2, 0.25) is 0 Å². The summed E-state index contributed by atoms with van der Waals surface area (Å²) in [7, 11) is 1.59. The van der Waals surface area contributed by atoms with Crippen molar-refractivity contribution >= 4 is 34.6 Å². The van der Waals surface area contributed by atoms with E-state index in [9.17, 15) is 9.90 Å². The van der Waals surface area contributed by atoms with Crippen molar-refractivity contribution < 1.29 is 14.6 Å². The van der Waals surface area contributed by atoms with Crippen LogP contribution in [0.4, 0.5) is 11.4 Å². The van der Waals surface area contributed by atoms with E-state index in [4.69, 9.17) is 17.0 Å². The predicted molar refractivity (Wildman–Crippen MR) is 166 cm³/mol. The second-order valence-electron chi connectivity index (χ2n) is 11.3. The number of phenols is 1. The third-order valence-corrected chi connectivity index (χ3v) is 7.70. The molecule has 0 aliphatic carbocycles. The zero-order valence-corrected chi connectivity index (χ0v) is 24.9. The van der Waals surface area contributed by atoms with Gasteiger partial charge >= 0.3 is 0 Å². The molecule has 0 spiro atoms. The van der Waals surface area contributed by atoms with Gasteiger partial charge in [-0.05, 0) is 86.2 Å². The Morgan fingerprint density at radius 3 is 2.39 bits per heavy atom. The number of hydrogen-bond acceptors (Lipinski definition) is 5. The summed E-state index contributed by atoms with van der Waals surface area (Å²) in [5, 5.41) is 16.9. The van der Waals surface area contributed by atoms with Crippen LogP contribution in [0.3, 0.4) is 0 Å². The van der Waals surface area contributed by atoms with Crippen LogP contribution in [-0.4, -0.2) is 32.8 Å². The average molecular weight is 570 g/mol. The highest BCUT2D eigenvalue weighted by Gasteiger charge is 2.42. The number of methoxy groups -OCH3 is 1. The van der Waals surface area contributed by atoms with E-state index in [1.165, 1.54) is 0 Å². The van der Waals surface area contributed by atoms with Gasteiger partial charge in [-0.3, -0.25) is 9.78 Å². The summed E-state index contributed by atoms with van der Waals surface area (Å²) in [6.45, 7) is 9.77. The van der Waals surface area contributed by atoms with E-state index < -0.39 is 5.41 Å². The van der Waals surface area contributed by atoms with Gasteiger partial charge in [-0.2, -0.15) is 0 Å². The van der Waals surface area contributed by atoms with E-state index in [1.807, 2.05) is 69.3 Å². The number of pyridine rings is 1. The van der Waals surface area contributed by atoms with Gasteiger partial charge < -0.3 is 29.9 Å². The normalized spacial score (nSPS) is 16.9. The topological polar surface area (TPSA) is 91.7 Å². The van der Waals surface area contributed by atoms with Crippen LogP contribution < -0.4 is 20.3 Å². The molecule has 3 N–H and O–H groups in total. The van der Waals surface area contributed by atoms with Gasteiger partial charge in [0.1, 0.15) is 11.5 Å². The Morgan fingerprint density at radius 1 is 1.05 bits per heavy atom. The number of rotatable bonds is 6. The minimum atomic E-state index is -0.550. The first-order valence-electron chi connectivity index (χ1n) is 13.5. The minimum Gasteiger partial charge on any atom is -0.508 e. The zero-order chi connectivity index (χ0) is 29.5. The highest BCUT2D eigenvalue weighted by molar-refractivity contribution is 7.80. The van der Waals surface area contributed by atoms with Crippen molar-refractivity contribution in [2.75, 3.05) is 17.3 Å². The van der Waals surface area contributed by atoms with Crippen LogP contribution in [0.15, 0.2) is 72.9 Å². The first kappa shape index (κ1) is 28.2. The largest absolute Gasteiger partial charge is 0.508 e. The molecule has 1 saturated heterocycles. The number of phenolic OH excluding ortho intramolecular Hbond substituents is 1. The molecule has 8 nitrogen and oxygen atoms in total. The maximum Gasteiger partial charge on any atom is 0.229 e. The molecule has 3 heterocycles. The van der Waals surface area contributed by atoms with Crippen LogP contribution in [0.5, 0.6) is 11.5 Å². The fourth-order valence-corrected chi connectivity index (χ4v) is 5.62. The molecule has 0 unspecified atom stereocenters. The molecule has 9 heteroatoms. The molecular weight excluding hydrogens is 534 g/mol. The van der Waals surface area contributed by atoms with Gasteiger partial charge in [0.05, 0.1) is 30.6 Å². The maximum absolute atomic E-state index is 12.7. The lowest BCUT2D eigenvalue weighted by molar-refractivity contribution is -0.123. The summed E-state index contributed by atoms with van der Waals surface area (Å²) in [5.41, 5.74) is 5.89. The van der Waals surface area contributed by atoms with Gasteiger partial charge in [-0.15, -0.1) is 0 Å². The van der Waals surface area contributed by atoms with E-state index in [0.717, 1.165) is 34.0 Å². The molecule has 4 aromatic rings. The van der Waals surface area contributed by atoms with E-state index in [2.05, 4.69) is 45.0 Å². The summed E-state index contributed by atoms with van der Waals surface area (Å²) < 4.78 is 7.90. The fraction of sp³-hybridized carbons (Fsp3) is 0.281. The van der Waals surface area contributed by atoms with Crippen LogP contribution in [0, 0.1) is 19.3 Å². The molecule has 2 atom stereocenters. The lowest BCUT2D eigenvalue weighted by atomic mass is 9.95. The first-order chi connectivity index (χ1) is 19.5. The molecule has 0 saturated carbocycles. The van der Waals surface area contributed by atoms with Crippen LogP contribution in [0.1, 0.15) is 55.5 Å². The van der Waals surface area contributed by atoms with Crippen molar-refractivity contribution in [3.8, 4) is 17.2 Å². The Hall–Kier alpha value is -4.37. The van der Waals surface area contributed by atoms with Crippen molar-refractivity contribution in [1.82, 2.24) is 14.9 Å². The highest BCUT2D eigenvalue weighted by atomic mass is 32.1. The summed E-state index contributed by atoms with van der Waals surface area (Å²) in [6, 6.07) is 20.5. The molecule has 5 rings (SSSR count). The van der Waals surface area contributed by atoms with Gasteiger partial charge in [0.25, 0.3) is 0 Å². The number of anilines is 2. The molecular formula is C32H35N5O3S. The van der Waals surface area contributed by atoms with Crippen molar-refractivity contribution in [2.24, 2.45) is 5.41 Å². The summed E-state index contributed by atoms with van der Waals surface area (Å²) >= 11 is 5.94. The molecule has 2 aromatic carbocycles. The van der Waals surface area contributed by atoms with Gasteiger partial charge in [-0.25, -0.2) is 0 Å². The van der Waals surface area contributed by atoms with Gasteiger partial charge in [-0.1, -0.05) is 26.8 Å². The molecule has 1 amide bonds. The summed E-state index contributed by atoms with van der Waals surface area (Å²) in [6.07, 6.45) is 1.79. The van der Waals surface area contributed by atoms with E-state index in [-0.39, 0.29) is 23.7 Å². The smallest absolute Gasteiger partial charge is 0.229 e. The number of nitrogens with one attached hydrogen (secondary N) is 2. The second kappa shape index (κ2) is 10.9. The van der Waals surface area contributed by atoms with Crippen molar-refractivity contribution in [3.63, 3.8) is 0 Å². The number of aryl methyl sites for hydroxylation is 1. The Kier molecular flexibility index (Phi) is 7.48. The minimum absolute atomic E-state index is 0.100. The quantitative estimate of drug-likeness (QED) is 0.233. The number of thiocarbonyl (C=S) groups is 1. The lowest BCUT2D eigenvalue weighted by Crippen LogP contribution is -2.30. The van der Waals surface area contributed by atoms with Crippen molar-refractivity contribution in [3.05, 3.63) is 95.6 Å². The lowest BCUT2D eigenvalue weighted by Gasteiger charge is -2.29. The summed E-state index contributed by atoms with van der Waals surface area (Å²) in [5.74, 6) is 0.661. The Bertz CT molecular complexity index is 1590. The Labute approximate surface area is 246 Å². The number of benzene rings is 2. The first-order valence-corrected chi connectivity index (χ1v) is 13.9. The Morgan fingerprint density at radius 2 is 1.76 bits per heavy atom. The number of carbonyl (C=O) groups is 1. The predicted octanol–water partition coefficient (Wildman–Crippen LogP) is 6.37. The molecule has 0 bridgehead atoms. The van der Waals surface area contributed by atoms with Gasteiger partial charge in [0.2, 0.25) is 5.91 Å². The highest BCUT2D eigenvalue weighted by Crippen LogP contribution is 2.45. The monoisotopic (exact) mass is 569 g/mol. The third kappa shape index (κ3) is 5.37. The third-order valence-electron chi connectivity index (χ3n) is 7.39. The van der Waals surface area contributed by atoms with Crippen molar-refractivity contribution in [1.29, 1.82) is 0 Å². The number of aromatic nitrogens is 2. The number of carbonyl (C=O) groups excluding carboxylic acids is 1. The van der Waals surface area contributed by atoms with Crippen LogP contribution in [-0.2, 0) is 4.79 Å². The second-order valence-corrected chi connectivity index (χ2v) is 11.7. The maximum atomic E-state index is 12.7. The fourth-order valence-electron chi connectivity index (χ4n) is 5.28. The SMILES string of the molecule is COc1cc(N2C(=S)N[C@H](c3ccccn3)[C@H]2c2cc(C)n(-c3ccc(O)cc3)c2C)ccc1NC(=O)C(C)(C)C. The van der Waals surface area contributed by atoms with Crippen LogP contribution >= 0.6 is 12.2 Å². The van der Waals surface area contributed by atoms with Gasteiger partial charge in [0.15, 0.2) is 5.11 Å². The number of hydrogen-bond donors (Lipinski definition) is 3. The standard InChI is InChI=1S/C32H35N5O3S/c1-19-17-24(20(2)36(19)21-10-13-23(38)14-11-21)29-28(26-9-7-8-16-33-26)35-31(41)37(29)22-12-15-25(27(18-22)40-6)34-30(39)32(3,4)5/h7-18,28-29,38H,1-6H3,(H,34,39)(H,35,41)/t28-,29-/m1/s1. The summed E-state index contributed by atoms with van der Waals surface area (Å²) in [4.78, 5) is 19.5. The van der Waals surface area contributed by atoms with Gasteiger partial charge in [0, 0.05) is 40.4 Å². The van der Waals surface area contributed by atoms with Crippen molar-refractivity contribution in [2.45, 2.75) is 46.7 Å². The molecule has 212 valence electrons. The Balaban J connectivity index is 1.62. The van der Waals surface area contributed by atoms with E-state index >= 15 is 0 Å². The number of amides is 1. The molecule has 41 heavy (non-hydrogen) atoms. The number of nitrogens with zero attached hydrogens (tertiary/aromatic N) is 3. The molecule has 0 radical (unpaired) electrons. The number of ether oxygens (including phenoxy) is 1. The van der Waals surface area contributed by atoms with E-state index in [1.54, 1.807) is 25.4 Å². The molecule has 2 aromatic heterocycles. The molecule has 1 aliphatic rings. The molecule has 1 aliphatic heterocycles. The number of aromatic hydroxyl groups is 1. The van der Waals surface area contributed by atoms with E-state index in [0.29, 0.717) is 16.5 Å². The van der Waals surface area contributed by atoms with Crippen LogP contribution in [0.25, 0.3) is 5.69 Å². The zero-order valence-electron chi connectivity index (χ0n) is 24.1.